The molecule has 7 nitrogen and oxygen atoms in total. The SMILES string of the molecule is COC(=O)c1ccc(C)c(NC(=O)c2cccc(OCc3cn4ccccc4n3)c2)c1. The zero-order chi connectivity index (χ0) is 21.8. The van der Waals surface area contributed by atoms with Gasteiger partial charge < -0.3 is 19.2 Å². The van der Waals surface area contributed by atoms with E-state index in [0.29, 0.717) is 22.6 Å². The molecule has 2 heterocycles. The number of esters is 1. The number of imidazole rings is 1. The Morgan fingerprint density at radius 3 is 2.71 bits per heavy atom. The van der Waals surface area contributed by atoms with Gasteiger partial charge in [-0.15, -0.1) is 0 Å². The summed E-state index contributed by atoms with van der Waals surface area (Å²) in [5.41, 5.74) is 3.82. The fourth-order valence-electron chi connectivity index (χ4n) is 3.14. The Morgan fingerprint density at radius 1 is 1.03 bits per heavy atom. The van der Waals surface area contributed by atoms with Crippen LogP contribution in [-0.4, -0.2) is 28.4 Å². The molecule has 7 heteroatoms. The molecule has 4 aromatic rings. The number of carbonyl (C=O) groups is 2. The lowest BCUT2D eigenvalue weighted by Gasteiger charge is -2.11. The van der Waals surface area contributed by atoms with Crippen molar-refractivity contribution in [2.45, 2.75) is 13.5 Å². The van der Waals surface area contributed by atoms with Gasteiger partial charge in [-0.05, 0) is 55.0 Å². The fraction of sp³-hybridized carbons (Fsp3) is 0.125. The number of amides is 1. The molecule has 0 fully saturated rings. The summed E-state index contributed by atoms with van der Waals surface area (Å²) in [5.74, 6) is -0.203. The van der Waals surface area contributed by atoms with E-state index >= 15 is 0 Å². The highest BCUT2D eigenvalue weighted by Gasteiger charge is 2.12. The van der Waals surface area contributed by atoms with E-state index < -0.39 is 5.97 Å². The Labute approximate surface area is 179 Å². The predicted molar refractivity (Wildman–Crippen MR) is 116 cm³/mol. The van der Waals surface area contributed by atoms with Crippen molar-refractivity contribution in [2.24, 2.45) is 0 Å². The predicted octanol–water partition coefficient (Wildman–Crippen LogP) is 4.26. The molecule has 0 bridgehead atoms. The number of carbonyl (C=O) groups excluding carboxylic acids is 2. The molecule has 2 aromatic heterocycles. The number of anilines is 1. The average Bonchev–Trinajstić information content (AvgIpc) is 3.22. The molecule has 1 N–H and O–H groups in total. The third kappa shape index (κ3) is 4.56. The maximum Gasteiger partial charge on any atom is 0.337 e. The summed E-state index contributed by atoms with van der Waals surface area (Å²) in [6.45, 7) is 2.14. The van der Waals surface area contributed by atoms with E-state index in [1.807, 2.05) is 41.9 Å². The van der Waals surface area contributed by atoms with Gasteiger partial charge in [-0.25, -0.2) is 9.78 Å². The summed E-state index contributed by atoms with van der Waals surface area (Å²) in [6, 6.07) is 17.7. The van der Waals surface area contributed by atoms with Gasteiger partial charge in [0.2, 0.25) is 0 Å². The van der Waals surface area contributed by atoms with E-state index in [-0.39, 0.29) is 12.5 Å². The molecule has 0 saturated carbocycles. The van der Waals surface area contributed by atoms with Crippen LogP contribution >= 0.6 is 0 Å². The molecule has 4 rings (SSSR count). The largest absolute Gasteiger partial charge is 0.487 e. The number of nitrogens with zero attached hydrogens (tertiary/aromatic N) is 2. The van der Waals surface area contributed by atoms with Gasteiger partial charge in [0.15, 0.2) is 0 Å². The van der Waals surface area contributed by atoms with Gasteiger partial charge in [-0.2, -0.15) is 0 Å². The van der Waals surface area contributed by atoms with Crippen LogP contribution < -0.4 is 10.1 Å². The molecule has 0 aliphatic rings. The van der Waals surface area contributed by atoms with Crippen LogP contribution in [0.15, 0.2) is 73.1 Å². The first kappa shape index (κ1) is 20.2. The van der Waals surface area contributed by atoms with Crippen LogP contribution in [0.2, 0.25) is 0 Å². The fourth-order valence-corrected chi connectivity index (χ4v) is 3.14. The van der Waals surface area contributed by atoms with Crippen molar-refractivity contribution in [3.05, 3.63) is 95.4 Å². The molecular weight excluding hydrogens is 394 g/mol. The topological polar surface area (TPSA) is 81.9 Å². The minimum Gasteiger partial charge on any atom is -0.487 e. The zero-order valence-electron chi connectivity index (χ0n) is 17.2. The normalized spacial score (nSPS) is 10.6. The Bertz CT molecular complexity index is 1230. The molecule has 0 aliphatic heterocycles. The van der Waals surface area contributed by atoms with E-state index in [1.165, 1.54) is 7.11 Å². The highest BCUT2D eigenvalue weighted by molar-refractivity contribution is 6.05. The lowest BCUT2D eigenvalue weighted by molar-refractivity contribution is 0.0600. The third-order valence-corrected chi connectivity index (χ3v) is 4.80. The Balaban J connectivity index is 1.46. The molecule has 0 unspecified atom stereocenters. The minimum atomic E-state index is -0.460. The van der Waals surface area contributed by atoms with Gasteiger partial charge in [0.25, 0.3) is 5.91 Å². The highest BCUT2D eigenvalue weighted by Crippen LogP contribution is 2.20. The number of pyridine rings is 1. The van der Waals surface area contributed by atoms with E-state index in [9.17, 15) is 9.59 Å². The van der Waals surface area contributed by atoms with Crippen LogP contribution in [0.1, 0.15) is 32.0 Å². The number of fused-ring (bicyclic) bond motifs is 1. The number of aromatic nitrogens is 2. The molecule has 0 spiro atoms. The number of hydrogen-bond acceptors (Lipinski definition) is 5. The first-order chi connectivity index (χ1) is 15.0. The van der Waals surface area contributed by atoms with Gasteiger partial charge in [0, 0.05) is 23.6 Å². The molecule has 156 valence electrons. The van der Waals surface area contributed by atoms with E-state index in [0.717, 1.165) is 16.9 Å². The summed E-state index contributed by atoms with van der Waals surface area (Å²) in [6.07, 6.45) is 3.83. The monoisotopic (exact) mass is 415 g/mol. The second-order valence-corrected chi connectivity index (χ2v) is 6.99. The van der Waals surface area contributed by atoms with Crippen molar-refractivity contribution in [3.8, 4) is 5.75 Å². The Morgan fingerprint density at radius 2 is 1.90 bits per heavy atom. The van der Waals surface area contributed by atoms with Crippen molar-refractivity contribution >= 4 is 23.2 Å². The lowest BCUT2D eigenvalue weighted by atomic mass is 10.1. The molecule has 0 aliphatic carbocycles. The van der Waals surface area contributed by atoms with Crippen LogP contribution in [-0.2, 0) is 11.3 Å². The number of benzene rings is 2. The molecule has 1 amide bonds. The van der Waals surface area contributed by atoms with Crippen molar-refractivity contribution < 1.29 is 19.1 Å². The van der Waals surface area contributed by atoms with Gasteiger partial charge in [-0.3, -0.25) is 4.79 Å². The molecule has 0 radical (unpaired) electrons. The number of nitrogens with one attached hydrogen (secondary N) is 1. The van der Waals surface area contributed by atoms with Gasteiger partial charge in [-0.1, -0.05) is 18.2 Å². The summed E-state index contributed by atoms with van der Waals surface area (Å²) in [4.78, 5) is 29.0. The van der Waals surface area contributed by atoms with E-state index in [4.69, 9.17) is 9.47 Å². The zero-order valence-corrected chi connectivity index (χ0v) is 17.2. The maximum atomic E-state index is 12.8. The van der Waals surface area contributed by atoms with Crippen LogP contribution in [0, 0.1) is 6.92 Å². The number of rotatable bonds is 6. The lowest BCUT2D eigenvalue weighted by Crippen LogP contribution is -2.14. The standard InChI is InChI=1S/C24H21N3O4/c1-16-9-10-18(24(29)30-2)13-21(16)26-23(28)17-6-5-7-20(12-17)31-15-19-14-27-11-4-3-8-22(27)25-19/h3-14H,15H2,1-2H3,(H,26,28). The van der Waals surface area contributed by atoms with E-state index in [2.05, 4.69) is 10.3 Å². The Kier molecular flexibility index (Phi) is 5.66. The number of hydrogen-bond donors (Lipinski definition) is 1. The molecular formula is C24H21N3O4. The van der Waals surface area contributed by atoms with E-state index in [1.54, 1.807) is 42.5 Å². The van der Waals surface area contributed by atoms with Crippen LogP contribution in [0.3, 0.4) is 0 Å². The van der Waals surface area contributed by atoms with Crippen LogP contribution in [0.4, 0.5) is 5.69 Å². The molecule has 0 saturated heterocycles. The van der Waals surface area contributed by atoms with Crippen LogP contribution in [0.5, 0.6) is 5.75 Å². The quantitative estimate of drug-likeness (QED) is 0.476. The first-order valence-electron chi connectivity index (χ1n) is 9.69. The second-order valence-electron chi connectivity index (χ2n) is 6.99. The van der Waals surface area contributed by atoms with Crippen molar-refractivity contribution in [1.82, 2.24) is 9.38 Å². The van der Waals surface area contributed by atoms with Crippen molar-refractivity contribution in [3.63, 3.8) is 0 Å². The maximum absolute atomic E-state index is 12.8. The summed E-state index contributed by atoms with van der Waals surface area (Å²) < 4.78 is 12.5. The Hall–Kier alpha value is -4.13. The second kappa shape index (κ2) is 8.71. The summed E-state index contributed by atoms with van der Waals surface area (Å²) in [5, 5.41) is 2.85. The minimum absolute atomic E-state index is 0.285. The number of methoxy groups -OCH3 is 1. The summed E-state index contributed by atoms with van der Waals surface area (Å²) in [7, 11) is 1.32. The van der Waals surface area contributed by atoms with Gasteiger partial charge in [0.05, 0.1) is 18.4 Å². The van der Waals surface area contributed by atoms with Crippen LogP contribution in [0.25, 0.3) is 5.65 Å². The number of aryl methyl sites for hydroxylation is 1. The average molecular weight is 415 g/mol. The van der Waals surface area contributed by atoms with Crippen molar-refractivity contribution in [1.29, 1.82) is 0 Å². The summed E-state index contributed by atoms with van der Waals surface area (Å²) >= 11 is 0. The van der Waals surface area contributed by atoms with Crippen molar-refractivity contribution in [2.75, 3.05) is 12.4 Å². The van der Waals surface area contributed by atoms with Gasteiger partial charge >= 0.3 is 5.97 Å². The molecule has 2 aromatic carbocycles. The first-order valence-corrected chi connectivity index (χ1v) is 9.69. The molecule has 0 atom stereocenters. The van der Waals surface area contributed by atoms with Gasteiger partial charge in [0.1, 0.15) is 18.0 Å². The highest BCUT2D eigenvalue weighted by atomic mass is 16.5. The molecule has 31 heavy (non-hydrogen) atoms. The smallest absolute Gasteiger partial charge is 0.337 e. The number of ether oxygens (including phenoxy) is 2. The third-order valence-electron chi connectivity index (χ3n) is 4.80.